The van der Waals surface area contributed by atoms with Gasteiger partial charge in [-0.15, -0.1) is 0 Å². The topological polar surface area (TPSA) is 61.4 Å². The van der Waals surface area contributed by atoms with Gasteiger partial charge in [-0.3, -0.25) is 9.59 Å². The van der Waals surface area contributed by atoms with Crippen LogP contribution in [0.5, 0.6) is 0 Å². The van der Waals surface area contributed by atoms with Crippen LogP contribution >= 0.6 is 0 Å². The van der Waals surface area contributed by atoms with E-state index in [1.807, 2.05) is 37.3 Å². The fraction of sp³-hybridized carbons (Fsp3) is 0.600. The zero-order valence-electron chi connectivity index (χ0n) is 14.8. The molecule has 3 aliphatic heterocycles. The van der Waals surface area contributed by atoms with Crippen LogP contribution in [0, 0.1) is 0 Å². The zero-order chi connectivity index (χ0) is 17.4. The molecule has 3 atom stereocenters. The molecule has 0 aromatic heterocycles. The minimum atomic E-state index is -0.739. The molecule has 5 heteroatoms. The second-order valence-electron chi connectivity index (χ2n) is 7.98. The molecule has 5 nitrogen and oxygen atoms in total. The molecule has 4 rings (SSSR count). The van der Waals surface area contributed by atoms with Crippen molar-refractivity contribution in [2.75, 3.05) is 6.54 Å². The third kappa shape index (κ3) is 3.06. The molecule has 2 bridgehead atoms. The number of fused-ring (bicyclic) bond motifs is 2. The summed E-state index contributed by atoms with van der Waals surface area (Å²) in [6, 6.07) is 10.6. The highest BCUT2D eigenvalue weighted by atomic mass is 16.2. The average Bonchev–Trinajstić information content (AvgIpc) is 3.18. The Morgan fingerprint density at radius 2 is 1.84 bits per heavy atom. The van der Waals surface area contributed by atoms with Gasteiger partial charge in [0.05, 0.1) is 0 Å². The van der Waals surface area contributed by atoms with Crippen LogP contribution in [0.25, 0.3) is 0 Å². The summed E-state index contributed by atoms with van der Waals surface area (Å²) < 4.78 is 0. The van der Waals surface area contributed by atoms with Crippen LogP contribution in [0.1, 0.15) is 55.8 Å². The number of hydrogen-bond acceptors (Lipinski definition) is 3. The number of piperidine rings is 1. The molecular weight excluding hydrogens is 314 g/mol. The minimum Gasteiger partial charge on any atom is -0.351 e. The van der Waals surface area contributed by atoms with Gasteiger partial charge in [0.1, 0.15) is 5.54 Å². The summed E-state index contributed by atoms with van der Waals surface area (Å²) >= 11 is 0. The fourth-order valence-corrected chi connectivity index (χ4v) is 4.78. The first-order chi connectivity index (χ1) is 12.1. The van der Waals surface area contributed by atoms with E-state index >= 15 is 0 Å². The first-order valence-electron chi connectivity index (χ1n) is 9.50. The normalized spacial score (nSPS) is 34.1. The molecule has 0 radical (unpaired) electrons. The van der Waals surface area contributed by atoms with E-state index in [-0.39, 0.29) is 17.9 Å². The summed E-state index contributed by atoms with van der Waals surface area (Å²) in [7, 11) is 0. The van der Waals surface area contributed by atoms with Gasteiger partial charge in [-0.2, -0.15) is 0 Å². The lowest BCUT2D eigenvalue weighted by Crippen LogP contribution is -2.59. The maximum atomic E-state index is 13.1. The molecule has 0 aliphatic carbocycles. The van der Waals surface area contributed by atoms with Crippen LogP contribution in [0.2, 0.25) is 0 Å². The van der Waals surface area contributed by atoms with Crippen LogP contribution in [-0.4, -0.2) is 46.9 Å². The molecule has 1 aromatic carbocycles. The number of nitrogens with zero attached hydrogens (tertiary/aromatic N) is 1. The van der Waals surface area contributed by atoms with E-state index in [1.54, 1.807) is 4.90 Å². The molecule has 0 saturated carbocycles. The Hall–Kier alpha value is -1.88. The maximum absolute atomic E-state index is 13.1. The highest BCUT2D eigenvalue weighted by molar-refractivity contribution is 5.99. The van der Waals surface area contributed by atoms with E-state index in [0.717, 1.165) is 25.7 Å². The molecular formula is C20H27N3O2. The molecule has 3 unspecified atom stereocenters. The third-order valence-electron chi connectivity index (χ3n) is 6.20. The van der Waals surface area contributed by atoms with Crippen molar-refractivity contribution in [3.63, 3.8) is 0 Å². The summed E-state index contributed by atoms with van der Waals surface area (Å²) in [5.74, 6) is -0.0262. The monoisotopic (exact) mass is 341 g/mol. The predicted octanol–water partition coefficient (Wildman–Crippen LogP) is 2.08. The van der Waals surface area contributed by atoms with Gasteiger partial charge in [-0.25, -0.2) is 0 Å². The highest BCUT2D eigenvalue weighted by Crippen LogP contribution is 2.32. The Morgan fingerprint density at radius 3 is 2.52 bits per heavy atom. The Labute approximate surface area is 149 Å². The molecule has 3 fully saturated rings. The molecule has 2 amide bonds. The van der Waals surface area contributed by atoms with Crippen LogP contribution in [0.4, 0.5) is 0 Å². The third-order valence-corrected chi connectivity index (χ3v) is 6.20. The van der Waals surface area contributed by atoms with Gasteiger partial charge in [-0.05, 0) is 57.6 Å². The number of carbonyl (C=O) groups is 2. The second-order valence-corrected chi connectivity index (χ2v) is 7.98. The van der Waals surface area contributed by atoms with Gasteiger partial charge < -0.3 is 15.5 Å². The smallest absolute Gasteiger partial charge is 0.254 e. The second kappa shape index (κ2) is 6.45. The van der Waals surface area contributed by atoms with Gasteiger partial charge >= 0.3 is 0 Å². The summed E-state index contributed by atoms with van der Waals surface area (Å²) in [4.78, 5) is 27.8. The Kier molecular flexibility index (Phi) is 4.28. The number of carbonyl (C=O) groups excluding carboxylic acids is 2. The van der Waals surface area contributed by atoms with E-state index in [9.17, 15) is 9.59 Å². The molecule has 0 spiro atoms. The molecule has 3 heterocycles. The summed E-state index contributed by atoms with van der Waals surface area (Å²) in [5.41, 5.74) is -0.0834. The van der Waals surface area contributed by atoms with Gasteiger partial charge in [0.25, 0.3) is 5.91 Å². The molecule has 134 valence electrons. The molecule has 25 heavy (non-hydrogen) atoms. The van der Waals surface area contributed by atoms with Gasteiger partial charge in [0, 0.05) is 30.2 Å². The summed E-state index contributed by atoms with van der Waals surface area (Å²) in [6.45, 7) is 2.57. The number of likely N-dealkylation sites (tertiary alicyclic amines) is 1. The van der Waals surface area contributed by atoms with E-state index in [0.29, 0.717) is 24.2 Å². The lowest BCUT2D eigenvalue weighted by atomic mass is 9.94. The number of nitrogens with one attached hydrogen (secondary N) is 2. The van der Waals surface area contributed by atoms with Crippen LogP contribution in [-0.2, 0) is 4.79 Å². The van der Waals surface area contributed by atoms with Gasteiger partial charge in [0.15, 0.2) is 0 Å². The van der Waals surface area contributed by atoms with Crippen molar-refractivity contribution >= 4 is 11.8 Å². The number of hydrogen-bond donors (Lipinski definition) is 2. The minimum absolute atomic E-state index is 0.0144. The zero-order valence-corrected chi connectivity index (χ0v) is 14.8. The quantitative estimate of drug-likeness (QED) is 0.885. The van der Waals surface area contributed by atoms with Gasteiger partial charge in [-0.1, -0.05) is 18.2 Å². The average molecular weight is 341 g/mol. The molecule has 1 aromatic rings. The largest absolute Gasteiger partial charge is 0.351 e. The van der Waals surface area contributed by atoms with Crippen LogP contribution < -0.4 is 10.6 Å². The first-order valence-corrected chi connectivity index (χ1v) is 9.50. The molecule has 2 N–H and O–H groups in total. The van der Waals surface area contributed by atoms with Gasteiger partial charge in [0.2, 0.25) is 5.91 Å². The number of amides is 2. The van der Waals surface area contributed by atoms with Crippen molar-refractivity contribution in [3.8, 4) is 0 Å². The van der Waals surface area contributed by atoms with Crippen LogP contribution in [0.3, 0.4) is 0 Å². The SMILES string of the molecule is CC1(C(=O)NC2CC3CCC(C2)N3)CCCN1C(=O)c1ccccc1. The molecule has 3 aliphatic rings. The number of rotatable bonds is 3. The Bertz CT molecular complexity index is 650. The van der Waals surface area contributed by atoms with E-state index in [4.69, 9.17) is 0 Å². The number of benzene rings is 1. The summed E-state index contributed by atoms with van der Waals surface area (Å²) in [5, 5.41) is 6.87. The summed E-state index contributed by atoms with van der Waals surface area (Å²) in [6.07, 6.45) is 6.05. The fourth-order valence-electron chi connectivity index (χ4n) is 4.78. The van der Waals surface area contributed by atoms with E-state index in [1.165, 1.54) is 12.8 Å². The van der Waals surface area contributed by atoms with Crippen molar-refractivity contribution < 1.29 is 9.59 Å². The standard InChI is InChI=1S/C20H27N3O2/c1-20(19(25)22-17-12-15-8-9-16(13-17)21-15)10-5-11-23(20)18(24)14-6-3-2-4-7-14/h2-4,6-7,15-17,21H,5,8-13H2,1H3,(H,22,25). The van der Waals surface area contributed by atoms with E-state index < -0.39 is 5.54 Å². The Balaban J connectivity index is 1.47. The lowest BCUT2D eigenvalue weighted by molar-refractivity contribution is -0.130. The van der Waals surface area contributed by atoms with Crippen molar-refractivity contribution in [1.29, 1.82) is 0 Å². The predicted molar refractivity (Wildman–Crippen MR) is 96.2 cm³/mol. The van der Waals surface area contributed by atoms with Crippen molar-refractivity contribution in [1.82, 2.24) is 15.5 Å². The van der Waals surface area contributed by atoms with Crippen molar-refractivity contribution in [2.45, 2.75) is 69.1 Å². The van der Waals surface area contributed by atoms with Crippen molar-refractivity contribution in [2.24, 2.45) is 0 Å². The highest BCUT2D eigenvalue weighted by Gasteiger charge is 2.47. The first kappa shape index (κ1) is 16.6. The van der Waals surface area contributed by atoms with E-state index in [2.05, 4.69) is 10.6 Å². The maximum Gasteiger partial charge on any atom is 0.254 e. The molecule has 3 saturated heterocycles. The van der Waals surface area contributed by atoms with Crippen molar-refractivity contribution in [3.05, 3.63) is 35.9 Å². The van der Waals surface area contributed by atoms with Crippen LogP contribution in [0.15, 0.2) is 30.3 Å². The Morgan fingerprint density at radius 1 is 1.16 bits per heavy atom. The lowest BCUT2D eigenvalue weighted by Gasteiger charge is -2.37.